The summed E-state index contributed by atoms with van der Waals surface area (Å²) in [6.45, 7) is 7.21. The van der Waals surface area contributed by atoms with Crippen LogP contribution in [-0.2, 0) is 6.54 Å². The molecule has 0 aliphatic carbocycles. The highest BCUT2D eigenvalue weighted by molar-refractivity contribution is 5.41. The Labute approximate surface area is 131 Å². The van der Waals surface area contributed by atoms with Gasteiger partial charge in [-0.25, -0.2) is 0 Å². The number of hydrogen-bond donors (Lipinski definition) is 1. The topological polar surface area (TPSA) is 54.0 Å². The molecule has 1 saturated heterocycles. The van der Waals surface area contributed by atoms with E-state index in [1.54, 1.807) is 7.11 Å². The summed E-state index contributed by atoms with van der Waals surface area (Å²) in [6, 6.07) is 2.09. The Balaban J connectivity index is 1.73. The number of aromatic nitrogens is 3. The lowest BCUT2D eigenvalue weighted by Gasteiger charge is -2.32. The predicted molar refractivity (Wildman–Crippen MR) is 86.1 cm³/mol. The fraction of sp³-hybridized carbons (Fsp3) is 0.529. The van der Waals surface area contributed by atoms with E-state index >= 15 is 0 Å². The van der Waals surface area contributed by atoms with Gasteiger partial charge in [0.15, 0.2) is 0 Å². The second-order valence-corrected chi connectivity index (χ2v) is 6.13. The molecule has 2 aromatic rings. The summed E-state index contributed by atoms with van der Waals surface area (Å²) in [5, 5.41) is 7.20. The van der Waals surface area contributed by atoms with Crippen LogP contribution in [0, 0.1) is 13.8 Å². The van der Waals surface area contributed by atoms with Gasteiger partial charge in [0.25, 0.3) is 0 Å². The second-order valence-electron chi connectivity index (χ2n) is 6.13. The number of aryl methyl sites for hydroxylation is 1. The maximum Gasteiger partial charge on any atom is 0.128 e. The van der Waals surface area contributed by atoms with Crippen molar-refractivity contribution < 1.29 is 4.74 Å². The molecule has 0 spiro atoms. The summed E-state index contributed by atoms with van der Waals surface area (Å²) < 4.78 is 5.51. The van der Waals surface area contributed by atoms with Crippen LogP contribution in [0.4, 0.5) is 0 Å². The first-order valence-electron chi connectivity index (χ1n) is 7.89. The van der Waals surface area contributed by atoms with E-state index in [9.17, 15) is 0 Å². The van der Waals surface area contributed by atoms with E-state index in [0.717, 1.165) is 42.2 Å². The minimum Gasteiger partial charge on any atom is -0.496 e. The lowest BCUT2D eigenvalue weighted by atomic mass is 9.94. The first kappa shape index (κ1) is 15.0. The number of aromatic amines is 1. The summed E-state index contributed by atoms with van der Waals surface area (Å²) in [7, 11) is 1.73. The van der Waals surface area contributed by atoms with Crippen LogP contribution in [0.3, 0.4) is 0 Å². The van der Waals surface area contributed by atoms with Crippen molar-refractivity contribution in [2.24, 2.45) is 0 Å². The number of pyridine rings is 1. The van der Waals surface area contributed by atoms with Crippen LogP contribution in [-0.4, -0.2) is 40.3 Å². The minimum absolute atomic E-state index is 0.545. The van der Waals surface area contributed by atoms with Gasteiger partial charge in [0, 0.05) is 48.2 Å². The molecule has 0 aromatic carbocycles. The van der Waals surface area contributed by atoms with Crippen LogP contribution in [0.15, 0.2) is 18.5 Å². The number of methoxy groups -OCH3 is 1. The molecule has 0 amide bonds. The molecule has 1 unspecified atom stereocenters. The van der Waals surface area contributed by atoms with Gasteiger partial charge in [-0.3, -0.25) is 15.0 Å². The van der Waals surface area contributed by atoms with Gasteiger partial charge < -0.3 is 4.74 Å². The van der Waals surface area contributed by atoms with Crippen molar-refractivity contribution in [2.75, 3.05) is 20.2 Å². The largest absolute Gasteiger partial charge is 0.496 e. The van der Waals surface area contributed by atoms with Gasteiger partial charge in [-0.1, -0.05) is 0 Å². The first-order chi connectivity index (χ1) is 10.7. The zero-order valence-electron chi connectivity index (χ0n) is 13.6. The number of hydrogen-bond acceptors (Lipinski definition) is 4. The molecule has 2 aromatic heterocycles. The Hall–Kier alpha value is -1.88. The molecule has 22 heavy (non-hydrogen) atoms. The van der Waals surface area contributed by atoms with Gasteiger partial charge in [-0.2, -0.15) is 5.10 Å². The highest BCUT2D eigenvalue weighted by Gasteiger charge is 2.23. The average Bonchev–Trinajstić information content (AvgIpc) is 3.05. The molecule has 1 aliphatic heterocycles. The van der Waals surface area contributed by atoms with Crippen LogP contribution in [0.25, 0.3) is 0 Å². The third kappa shape index (κ3) is 2.99. The number of likely N-dealkylation sites (tertiary alicyclic amines) is 1. The van der Waals surface area contributed by atoms with Crippen LogP contribution in [0.2, 0.25) is 0 Å². The minimum atomic E-state index is 0.545. The summed E-state index contributed by atoms with van der Waals surface area (Å²) >= 11 is 0. The van der Waals surface area contributed by atoms with E-state index in [-0.39, 0.29) is 0 Å². The van der Waals surface area contributed by atoms with E-state index in [1.807, 2.05) is 19.3 Å². The zero-order valence-corrected chi connectivity index (χ0v) is 13.6. The van der Waals surface area contributed by atoms with E-state index in [1.165, 1.54) is 18.5 Å². The highest BCUT2D eigenvalue weighted by Crippen LogP contribution is 2.28. The second kappa shape index (κ2) is 6.48. The lowest BCUT2D eigenvalue weighted by molar-refractivity contribution is 0.196. The summed E-state index contributed by atoms with van der Waals surface area (Å²) in [5.74, 6) is 1.51. The molecule has 3 rings (SSSR count). The maximum atomic E-state index is 5.51. The standard InChI is InChI=1S/C17H24N4O/c1-12-9-18-16(13(2)17(12)22-3)11-21-8-4-5-14(10-21)15-6-7-19-20-15/h6-7,9,14H,4-5,8,10-11H2,1-3H3,(H,19,20). The number of piperidine rings is 1. The number of nitrogens with one attached hydrogen (secondary N) is 1. The smallest absolute Gasteiger partial charge is 0.128 e. The molecule has 5 heteroatoms. The van der Waals surface area contributed by atoms with E-state index in [4.69, 9.17) is 4.74 Å². The normalized spacial score (nSPS) is 19.3. The Bertz CT molecular complexity index is 624. The molecule has 1 aliphatic rings. The lowest BCUT2D eigenvalue weighted by Crippen LogP contribution is -2.34. The maximum absolute atomic E-state index is 5.51. The van der Waals surface area contributed by atoms with Crippen molar-refractivity contribution in [3.63, 3.8) is 0 Å². The molecule has 0 radical (unpaired) electrons. The van der Waals surface area contributed by atoms with Gasteiger partial charge >= 0.3 is 0 Å². The highest BCUT2D eigenvalue weighted by atomic mass is 16.5. The monoisotopic (exact) mass is 300 g/mol. The summed E-state index contributed by atoms with van der Waals surface area (Å²) in [4.78, 5) is 7.11. The molecular formula is C17H24N4O. The van der Waals surface area contributed by atoms with Gasteiger partial charge in [-0.05, 0) is 39.3 Å². The molecule has 1 fully saturated rings. The number of H-pyrrole nitrogens is 1. The van der Waals surface area contributed by atoms with Crippen molar-refractivity contribution in [1.82, 2.24) is 20.1 Å². The third-order valence-corrected chi connectivity index (χ3v) is 4.59. The number of rotatable bonds is 4. The van der Waals surface area contributed by atoms with Gasteiger partial charge in [0.1, 0.15) is 5.75 Å². The Kier molecular flexibility index (Phi) is 4.43. The zero-order chi connectivity index (χ0) is 15.5. The Morgan fingerprint density at radius 1 is 1.41 bits per heavy atom. The fourth-order valence-electron chi connectivity index (χ4n) is 3.39. The molecular weight excluding hydrogens is 276 g/mol. The summed E-state index contributed by atoms with van der Waals surface area (Å²) in [5.41, 5.74) is 4.62. The molecule has 1 atom stereocenters. The molecule has 0 bridgehead atoms. The quantitative estimate of drug-likeness (QED) is 0.943. The predicted octanol–water partition coefficient (Wildman–Crippen LogP) is 2.81. The van der Waals surface area contributed by atoms with Crippen LogP contribution in [0.1, 0.15) is 41.3 Å². The van der Waals surface area contributed by atoms with Crippen molar-refractivity contribution in [2.45, 2.75) is 39.2 Å². The molecule has 3 heterocycles. The summed E-state index contributed by atoms with van der Waals surface area (Å²) in [6.07, 6.45) is 6.19. The molecule has 118 valence electrons. The third-order valence-electron chi connectivity index (χ3n) is 4.59. The number of ether oxygens (including phenoxy) is 1. The Morgan fingerprint density at radius 2 is 2.27 bits per heavy atom. The SMILES string of the molecule is COc1c(C)cnc(CN2CCCC(c3ccn[nH]3)C2)c1C. The molecule has 1 N–H and O–H groups in total. The Morgan fingerprint density at radius 3 is 3.00 bits per heavy atom. The van der Waals surface area contributed by atoms with Gasteiger partial charge in [-0.15, -0.1) is 0 Å². The van der Waals surface area contributed by atoms with Crippen molar-refractivity contribution in [1.29, 1.82) is 0 Å². The van der Waals surface area contributed by atoms with Crippen LogP contribution >= 0.6 is 0 Å². The first-order valence-corrected chi connectivity index (χ1v) is 7.89. The van der Waals surface area contributed by atoms with Crippen LogP contribution in [0.5, 0.6) is 5.75 Å². The van der Waals surface area contributed by atoms with Gasteiger partial charge in [0.2, 0.25) is 0 Å². The number of nitrogens with zero attached hydrogens (tertiary/aromatic N) is 3. The van der Waals surface area contributed by atoms with E-state index in [2.05, 4.69) is 33.1 Å². The fourth-order valence-corrected chi connectivity index (χ4v) is 3.39. The van der Waals surface area contributed by atoms with E-state index < -0.39 is 0 Å². The average molecular weight is 300 g/mol. The van der Waals surface area contributed by atoms with Crippen molar-refractivity contribution >= 4 is 0 Å². The van der Waals surface area contributed by atoms with E-state index in [0.29, 0.717) is 5.92 Å². The van der Waals surface area contributed by atoms with Gasteiger partial charge in [0.05, 0.1) is 12.8 Å². The molecule has 0 saturated carbocycles. The van der Waals surface area contributed by atoms with Crippen LogP contribution < -0.4 is 4.74 Å². The molecule has 5 nitrogen and oxygen atoms in total. The van der Waals surface area contributed by atoms with Crippen molar-refractivity contribution in [3.05, 3.63) is 41.0 Å². The van der Waals surface area contributed by atoms with Crippen molar-refractivity contribution in [3.8, 4) is 5.75 Å².